The molecule has 106 valence electrons. The lowest BCUT2D eigenvalue weighted by atomic mass is 10.1. The van der Waals surface area contributed by atoms with Crippen molar-refractivity contribution in [1.29, 1.82) is 0 Å². The van der Waals surface area contributed by atoms with Gasteiger partial charge in [-0.25, -0.2) is 8.42 Å². The highest BCUT2D eigenvalue weighted by Gasteiger charge is 2.14. The molecular formula is C12H13N3O4S. The third kappa shape index (κ3) is 3.58. The second-order valence-corrected chi connectivity index (χ2v) is 5.81. The van der Waals surface area contributed by atoms with Crippen LogP contribution in [0.3, 0.4) is 0 Å². The Morgan fingerprint density at radius 3 is 2.55 bits per heavy atom. The molecule has 1 aromatic heterocycles. The zero-order valence-corrected chi connectivity index (χ0v) is 11.2. The molecule has 0 spiro atoms. The molecule has 2 aromatic rings. The number of sulfonamides is 1. The molecule has 0 bridgehead atoms. The predicted molar refractivity (Wildman–Crippen MR) is 71.8 cm³/mol. The van der Waals surface area contributed by atoms with E-state index in [9.17, 15) is 13.2 Å². The van der Waals surface area contributed by atoms with Gasteiger partial charge in [-0.15, -0.1) is 0 Å². The molecule has 0 unspecified atom stereocenters. The van der Waals surface area contributed by atoms with Crippen LogP contribution in [0.5, 0.6) is 0 Å². The van der Waals surface area contributed by atoms with Crippen LogP contribution < -0.4 is 4.72 Å². The quantitative estimate of drug-likeness (QED) is 0.742. The van der Waals surface area contributed by atoms with E-state index in [0.717, 1.165) is 5.56 Å². The number of benzene rings is 1. The van der Waals surface area contributed by atoms with Crippen LogP contribution in [0, 0.1) is 0 Å². The third-order valence-electron chi connectivity index (χ3n) is 2.61. The Labute approximate surface area is 115 Å². The average molecular weight is 295 g/mol. The number of carbonyl (C=O) groups is 1. The lowest BCUT2D eigenvalue weighted by molar-refractivity contribution is -0.136. The fraction of sp³-hybridized carbons (Fsp3) is 0.167. The van der Waals surface area contributed by atoms with Gasteiger partial charge in [0.1, 0.15) is 0 Å². The fourth-order valence-corrected chi connectivity index (χ4v) is 2.64. The molecule has 3 N–H and O–H groups in total. The lowest BCUT2D eigenvalue weighted by Crippen LogP contribution is -2.12. The first-order valence-corrected chi connectivity index (χ1v) is 7.28. The number of aromatic amines is 1. The number of hydrogen-bond donors (Lipinski definition) is 3. The smallest absolute Gasteiger partial charge is 0.303 e. The maximum absolute atomic E-state index is 12.0. The summed E-state index contributed by atoms with van der Waals surface area (Å²) in [5.74, 6) is -0.886. The molecule has 0 aliphatic heterocycles. The molecule has 20 heavy (non-hydrogen) atoms. The van der Waals surface area contributed by atoms with Crippen molar-refractivity contribution in [1.82, 2.24) is 10.2 Å². The van der Waals surface area contributed by atoms with Crippen molar-refractivity contribution in [3.05, 3.63) is 42.2 Å². The number of H-pyrrole nitrogens is 1. The van der Waals surface area contributed by atoms with E-state index in [1.165, 1.54) is 24.5 Å². The topological polar surface area (TPSA) is 112 Å². The summed E-state index contributed by atoms with van der Waals surface area (Å²) in [6.45, 7) is 0. The zero-order chi connectivity index (χ0) is 14.6. The molecule has 0 aliphatic rings. The monoisotopic (exact) mass is 295 g/mol. The highest BCUT2D eigenvalue weighted by Crippen LogP contribution is 2.16. The van der Waals surface area contributed by atoms with E-state index in [-0.39, 0.29) is 11.3 Å². The minimum Gasteiger partial charge on any atom is -0.481 e. The standard InChI is InChI=1S/C12H13N3O4S/c16-12(17)6-3-9-1-4-11(5-2-9)20(18,19)15-10-7-13-14-8-10/h1-2,4-5,7-8,15H,3,6H2,(H,13,14)(H,16,17). The summed E-state index contributed by atoms with van der Waals surface area (Å²) in [5, 5.41) is 14.7. The molecule has 0 radical (unpaired) electrons. The molecule has 0 saturated carbocycles. The third-order valence-corrected chi connectivity index (χ3v) is 4.01. The molecule has 0 atom stereocenters. The number of nitrogens with one attached hydrogen (secondary N) is 2. The average Bonchev–Trinajstić information content (AvgIpc) is 2.89. The van der Waals surface area contributed by atoms with Crippen molar-refractivity contribution in [2.45, 2.75) is 17.7 Å². The molecule has 7 nitrogen and oxygen atoms in total. The van der Waals surface area contributed by atoms with Crippen LogP contribution in [0.4, 0.5) is 5.69 Å². The van der Waals surface area contributed by atoms with Crippen LogP contribution in [0.1, 0.15) is 12.0 Å². The largest absolute Gasteiger partial charge is 0.481 e. The molecule has 0 fully saturated rings. The summed E-state index contributed by atoms with van der Waals surface area (Å²) >= 11 is 0. The van der Waals surface area contributed by atoms with Crippen molar-refractivity contribution in [3.63, 3.8) is 0 Å². The number of rotatable bonds is 6. The first kappa shape index (κ1) is 14.1. The van der Waals surface area contributed by atoms with Crippen LogP contribution >= 0.6 is 0 Å². The van der Waals surface area contributed by atoms with Gasteiger partial charge in [0.25, 0.3) is 10.0 Å². The van der Waals surface area contributed by atoms with Crippen molar-refractivity contribution < 1.29 is 18.3 Å². The summed E-state index contributed by atoms with van der Waals surface area (Å²) in [6, 6.07) is 6.10. The van der Waals surface area contributed by atoms with E-state index in [1.54, 1.807) is 12.1 Å². The number of nitrogens with zero attached hydrogens (tertiary/aromatic N) is 1. The van der Waals surface area contributed by atoms with Gasteiger partial charge in [0.2, 0.25) is 0 Å². The molecule has 1 aromatic carbocycles. The zero-order valence-electron chi connectivity index (χ0n) is 10.4. The summed E-state index contributed by atoms with van der Waals surface area (Å²) in [4.78, 5) is 10.6. The number of carboxylic acids is 1. The van der Waals surface area contributed by atoms with Gasteiger partial charge in [0.15, 0.2) is 0 Å². The predicted octanol–water partition coefficient (Wildman–Crippen LogP) is 1.23. The second kappa shape index (κ2) is 5.74. The fourth-order valence-electron chi connectivity index (χ4n) is 1.61. The first-order valence-electron chi connectivity index (χ1n) is 5.80. The van der Waals surface area contributed by atoms with Gasteiger partial charge >= 0.3 is 5.97 Å². The Kier molecular flexibility index (Phi) is 4.04. The van der Waals surface area contributed by atoms with Crippen molar-refractivity contribution >= 4 is 21.7 Å². The number of aromatic nitrogens is 2. The molecule has 0 saturated heterocycles. The summed E-state index contributed by atoms with van der Waals surface area (Å²) in [7, 11) is -3.66. The van der Waals surface area contributed by atoms with E-state index < -0.39 is 16.0 Å². The summed E-state index contributed by atoms with van der Waals surface area (Å²) in [6.07, 6.45) is 3.17. The van der Waals surface area contributed by atoms with Gasteiger partial charge < -0.3 is 5.11 Å². The van der Waals surface area contributed by atoms with Crippen LogP contribution in [0.15, 0.2) is 41.6 Å². The Hall–Kier alpha value is -2.35. The van der Waals surface area contributed by atoms with E-state index in [2.05, 4.69) is 14.9 Å². The maximum Gasteiger partial charge on any atom is 0.303 e. The van der Waals surface area contributed by atoms with Gasteiger partial charge in [-0.2, -0.15) is 5.10 Å². The van der Waals surface area contributed by atoms with Crippen LogP contribution in [-0.4, -0.2) is 29.7 Å². The van der Waals surface area contributed by atoms with Gasteiger partial charge in [0, 0.05) is 12.6 Å². The molecule has 8 heteroatoms. The molecule has 0 amide bonds. The van der Waals surface area contributed by atoms with Crippen molar-refractivity contribution in [2.24, 2.45) is 0 Å². The van der Waals surface area contributed by atoms with Crippen molar-refractivity contribution in [3.8, 4) is 0 Å². The molecular weight excluding hydrogens is 282 g/mol. The van der Waals surface area contributed by atoms with Gasteiger partial charge in [-0.3, -0.25) is 14.6 Å². The minimum absolute atomic E-state index is 0.0133. The summed E-state index contributed by atoms with van der Waals surface area (Å²) < 4.78 is 26.4. The Balaban J connectivity index is 2.10. The number of aryl methyl sites for hydroxylation is 1. The van der Waals surface area contributed by atoms with Gasteiger partial charge in [-0.1, -0.05) is 12.1 Å². The van der Waals surface area contributed by atoms with Gasteiger partial charge in [0.05, 0.1) is 16.8 Å². The number of aliphatic carboxylic acids is 1. The van der Waals surface area contributed by atoms with E-state index in [4.69, 9.17) is 5.11 Å². The lowest BCUT2D eigenvalue weighted by Gasteiger charge is -2.06. The van der Waals surface area contributed by atoms with Gasteiger partial charge in [-0.05, 0) is 24.1 Å². The molecule has 1 heterocycles. The highest BCUT2D eigenvalue weighted by molar-refractivity contribution is 7.92. The SMILES string of the molecule is O=C(O)CCc1ccc(S(=O)(=O)Nc2cn[nH]c2)cc1. The number of hydrogen-bond acceptors (Lipinski definition) is 4. The van der Waals surface area contributed by atoms with Crippen LogP contribution in [0.2, 0.25) is 0 Å². The second-order valence-electron chi connectivity index (χ2n) is 4.13. The van der Waals surface area contributed by atoms with Crippen LogP contribution in [-0.2, 0) is 21.2 Å². The van der Waals surface area contributed by atoms with Crippen molar-refractivity contribution in [2.75, 3.05) is 4.72 Å². The normalized spacial score (nSPS) is 11.2. The van der Waals surface area contributed by atoms with Crippen LogP contribution in [0.25, 0.3) is 0 Å². The highest BCUT2D eigenvalue weighted by atomic mass is 32.2. The van der Waals surface area contributed by atoms with E-state index >= 15 is 0 Å². The molecule has 0 aliphatic carbocycles. The molecule has 2 rings (SSSR count). The Morgan fingerprint density at radius 1 is 1.30 bits per heavy atom. The Morgan fingerprint density at radius 2 is 2.00 bits per heavy atom. The van der Waals surface area contributed by atoms with E-state index in [0.29, 0.717) is 12.1 Å². The number of carboxylic acid groups (broad SMARTS) is 1. The van der Waals surface area contributed by atoms with E-state index in [1.807, 2.05) is 0 Å². The Bertz CT molecular complexity index is 678. The summed E-state index contributed by atoms with van der Waals surface area (Å²) in [5.41, 5.74) is 1.12. The minimum atomic E-state index is -3.66. The first-order chi connectivity index (χ1) is 9.47. The maximum atomic E-state index is 12.0. The number of anilines is 1.